The van der Waals surface area contributed by atoms with Gasteiger partial charge in [-0.15, -0.1) is 0 Å². The lowest BCUT2D eigenvalue weighted by atomic mass is 9.95. The third-order valence-electron chi connectivity index (χ3n) is 7.68. The van der Waals surface area contributed by atoms with Gasteiger partial charge in [0.05, 0.1) is 26.7 Å². The van der Waals surface area contributed by atoms with Gasteiger partial charge in [0.1, 0.15) is 77.4 Å². The summed E-state index contributed by atoms with van der Waals surface area (Å²) in [6.07, 6.45) is -16.6. The SMILES string of the molecule is COc1cc(O)c2c(c1)O[C@H](c1ccc(O[C@@H]3O[C@H](CO)[C@@H](O)[C@H](O)[C@H]3O[C@@H]3O[C@H](CO)[C@@H](O)[C@H](O)[C@H]3O)cc1)CC2=O. The molecule has 8 N–H and O–H groups in total. The average Bonchev–Trinajstić information content (AvgIpc) is 3.00. The van der Waals surface area contributed by atoms with Crippen molar-refractivity contribution in [1.29, 1.82) is 0 Å². The fraction of sp³-hybridized carbons (Fsp3) is 0.536. The van der Waals surface area contributed by atoms with Gasteiger partial charge in [-0.2, -0.15) is 0 Å². The Morgan fingerprint density at radius 1 is 0.814 bits per heavy atom. The Balaban J connectivity index is 1.33. The summed E-state index contributed by atoms with van der Waals surface area (Å²) in [6.45, 7) is -1.40. The van der Waals surface area contributed by atoms with Gasteiger partial charge in [0, 0.05) is 12.1 Å². The average molecular weight is 611 g/mol. The van der Waals surface area contributed by atoms with E-state index in [9.17, 15) is 45.6 Å². The number of methoxy groups -OCH3 is 1. The van der Waals surface area contributed by atoms with E-state index in [0.717, 1.165) is 0 Å². The fourth-order valence-electron chi connectivity index (χ4n) is 5.24. The highest BCUT2D eigenvalue weighted by Crippen LogP contribution is 2.42. The van der Waals surface area contributed by atoms with Crippen LogP contribution in [0.3, 0.4) is 0 Å². The summed E-state index contributed by atoms with van der Waals surface area (Å²) in [5.41, 5.74) is 0.659. The third kappa shape index (κ3) is 6.14. The van der Waals surface area contributed by atoms with Crippen molar-refractivity contribution >= 4 is 5.78 Å². The minimum atomic E-state index is -1.80. The van der Waals surface area contributed by atoms with E-state index in [-0.39, 0.29) is 35.0 Å². The maximum absolute atomic E-state index is 12.8. The van der Waals surface area contributed by atoms with Gasteiger partial charge in [-0.25, -0.2) is 0 Å². The molecule has 43 heavy (non-hydrogen) atoms. The van der Waals surface area contributed by atoms with Gasteiger partial charge in [0.25, 0.3) is 0 Å². The van der Waals surface area contributed by atoms with E-state index in [2.05, 4.69) is 0 Å². The van der Waals surface area contributed by atoms with Crippen molar-refractivity contribution in [2.24, 2.45) is 0 Å². The molecule has 5 rings (SSSR count). The van der Waals surface area contributed by atoms with Crippen molar-refractivity contribution in [1.82, 2.24) is 0 Å². The molecular formula is C28H34O15. The molecule has 0 spiro atoms. The van der Waals surface area contributed by atoms with Crippen molar-refractivity contribution in [2.75, 3.05) is 20.3 Å². The first kappa shape index (κ1) is 31.3. The zero-order valence-electron chi connectivity index (χ0n) is 22.9. The van der Waals surface area contributed by atoms with Crippen LogP contribution in [0.25, 0.3) is 0 Å². The number of benzene rings is 2. The topological polar surface area (TPSA) is 234 Å². The maximum atomic E-state index is 12.8. The van der Waals surface area contributed by atoms with Crippen LogP contribution in [0.1, 0.15) is 28.4 Å². The predicted octanol–water partition coefficient (Wildman–Crippen LogP) is -1.89. The lowest BCUT2D eigenvalue weighted by Gasteiger charge is -2.45. The van der Waals surface area contributed by atoms with Crippen LogP contribution < -0.4 is 14.2 Å². The lowest BCUT2D eigenvalue weighted by Crippen LogP contribution is -2.65. The van der Waals surface area contributed by atoms with Gasteiger partial charge in [0.15, 0.2) is 18.2 Å². The smallest absolute Gasteiger partial charge is 0.229 e. The summed E-state index contributed by atoms with van der Waals surface area (Å²) >= 11 is 0. The van der Waals surface area contributed by atoms with Crippen LogP contribution in [0.15, 0.2) is 36.4 Å². The molecule has 15 heteroatoms. The molecule has 15 nitrogen and oxygen atoms in total. The fourth-order valence-corrected chi connectivity index (χ4v) is 5.24. The number of hydrogen-bond acceptors (Lipinski definition) is 15. The molecule has 2 fully saturated rings. The molecule has 2 saturated heterocycles. The van der Waals surface area contributed by atoms with E-state index in [1.165, 1.54) is 31.4 Å². The number of fused-ring (bicyclic) bond motifs is 1. The van der Waals surface area contributed by atoms with Crippen LogP contribution in [-0.4, -0.2) is 128 Å². The number of aliphatic hydroxyl groups is 7. The van der Waals surface area contributed by atoms with Crippen LogP contribution >= 0.6 is 0 Å². The normalized spacial score (nSPS) is 36.0. The van der Waals surface area contributed by atoms with Crippen LogP contribution in [-0.2, 0) is 14.2 Å². The van der Waals surface area contributed by atoms with Crippen LogP contribution in [0, 0.1) is 0 Å². The van der Waals surface area contributed by atoms with Crippen LogP contribution in [0.5, 0.6) is 23.0 Å². The molecule has 3 aliphatic rings. The molecule has 0 aromatic heterocycles. The van der Waals surface area contributed by atoms with E-state index in [1.807, 2.05) is 0 Å². The van der Waals surface area contributed by atoms with E-state index in [4.69, 9.17) is 28.4 Å². The summed E-state index contributed by atoms with van der Waals surface area (Å²) in [5, 5.41) is 81.1. The van der Waals surface area contributed by atoms with Gasteiger partial charge in [-0.1, -0.05) is 12.1 Å². The standard InChI is InChI=1S/C28H34O15/c1-38-13-6-14(31)20-15(32)8-16(40-17(20)7-13)11-2-4-12(5-3-11)39-28-26(24(36)22(34)19(10-30)42-28)43-27-25(37)23(35)21(33)18(9-29)41-27/h2-7,16,18-19,21-31,33-37H,8-10H2,1H3/t16-,18+,19+,21+,22+,23-,24-,25+,26+,27-,28+/m0/s1. The number of ketones is 1. The number of aromatic hydroxyl groups is 1. The molecule has 0 unspecified atom stereocenters. The summed E-state index contributed by atoms with van der Waals surface area (Å²) < 4.78 is 33.6. The maximum Gasteiger partial charge on any atom is 0.229 e. The third-order valence-corrected chi connectivity index (χ3v) is 7.68. The molecule has 0 radical (unpaired) electrons. The van der Waals surface area contributed by atoms with E-state index in [1.54, 1.807) is 12.1 Å². The second-order valence-electron chi connectivity index (χ2n) is 10.4. The van der Waals surface area contributed by atoms with E-state index in [0.29, 0.717) is 11.3 Å². The highest BCUT2D eigenvalue weighted by Gasteiger charge is 2.51. The summed E-state index contributed by atoms with van der Waals surface area (Å²) in [7, 11) is 1.42. The molecular weight excluding hydrogens is 576 g/mol. The number of carbonyl (C=O) groups excluding carboxylic acids is 1. The van der Waals surface area contributed by atoms with Crippen molar-refractivity contribution in [3.63, 3.8) is 0 Å². The molecule has 11 atom stereocenters. The molecule has 0 saturated carbocycles. The Bertz CT molecular complexity index is 1270. The van der Waals surface area contributed by atoms with Crippen molar-refractivity contribution in [3.05, 3.63) is 47.5 Å². The van der Waals surface area contributed by atoms with E-state index < -0.39 is 80.7 Å². The molecule has 0 amide bonds. The molecule has 3 heterocycles. The molecule has 0 aliphatic carbocycles. The lowest BCUT2D eigenvalue weighted by molar-refractivity contribution is -0.357. The van der Waals surface area contributed by atoms with Gasteiger partial charge >= 0.3 is 0 Å². The zero-order valence-corrected chi connectivity index (χ0v) is 22.9. The number of Topliss-reactive ketones (excluding diaryl/α,β-unsaturated/α-hetero) is 1. The Morgan fingerprint density at radius 3 is 2.07 bits per heavy atom. The number of ether oxygens (including phenoxy) is 6. The first-order valence-electron chi connectivity index (χ1n) is 13.5. The van der Waals surface area contributed by atoms with Gasteiger partial charge in [-0.05, 0) is 17.7 Å². The molecule has 2 aromatic carbocycles. The van der Waals surface area contributed by atoms with Crippen molar-refractivity contribution < 1.29 is 74.1 Å². The van der Waals surface area contributed by atoms with Gasteiger partial charge < -0.3 is 69.3 Å². The number of phenolic OH excluding ortho intramolecular Hbond substituents is 1. The zero-order chi connectivity index (χ0) is 31.0. The van der Waals surface area contributed by atoms with Crippen LogP contribution in [0.2, 0.25) is 0 Å². The van der Waals surface area contributed by atoms with Gasteiger partial charge in [0.2, 0.25) is 6.29 Å². The Labute approximate surface area is 245 Å². The second-order valence-corrected chi connectivity index (χ2v) is 10.4. The largest absolute Gasteiger partial charge is 0.507 e. The summed E-state index contributed by atoms with van der Waals surface area (Å²) in [4.78, 5) is 12.8. The monoisotopic (exact) mass is 610 g/mol. The van der Waals surface area contributed by atoms with Crippen molar-refractivity contribution in [2.45, 2.75) is 73.9 Å². The molecule has 0 bridgehead atoms. The number of carbonyl (C=O) groups is 1. The first-order valence-corrected chi connectivity index (χ1v) is 13.5. The van der Waals surface area contributed by atoms with Crippen LogP contribution in [0.4, 0.5) is 0 Å². The summed E-state index contributed by atoms with van der Waals surface area (Å²) in [5.74, 6) is 0.0964. The Kier molecular flexibility index (Phi) is 9.38. The first-order chi connectivity index (χ1) is 20.6. The predicted molar refractivity (Wildman–Crippen MR) is 140 cm³/mol. The highest BCUT2D eigenvalue weighted by molar-refractivity contribution is 6.02. The number of rotatable bonds is 8. The summed E-state index contributed by atoms with van der Waals surface area (Å²) in [6, 6.07) is 9.09. The molecule has 236 valence electrons. The van der Waals surface area contributed by atoms with E-state index >= 15 is 0 Å². The number of aliphatic hydroxyl groups excluding tert-OH is 7. The second kappa shape index (κ2) is 12.9. The molecule has 2 aromatic rings. The quantitative estimate of drug-likeness (QED) is 0.163. The Hall–Kier alpha value is -3.09. The van der Waals surface area contributed by atoms with Crippen molar-refractivity contribution in [3.8, 4) is 23.0 Å². The molecule has 3 aliphatic heterocycles. The number of phenols is 1. The highest BCUT2D eigenvalue weighted by atomic mass is 16.8. The minimum absolute atomic E-state index is 0.0455. The minimum Gasteiger partial charge on any atom is -0.507 e. The Morgan fingerprint density at radius 2 is 1.44 bits per heavy atom. The number of hydrogen-bond donors (Lipinski definition) is 8. The van der Waals surface area contributed by atoms with Gasteiger partial charge in [-0.3, -0.25) is 4.79 Å².